The van der Waals surface area contributed by atoms with Crippen LogP contribution < -0.4 is 15.4 Å². The number of rotatable bonds is 8. The number of benzene rings is 2. The lowest BCUT2D eigenvalue weighted by atomic mass is 9.95. The molecule has 1 aliphatic heterocycles. The molecule has 2 aliphatic rings. The zero-order valence-electron chi connectivity index (χ0n) is 17.1. The van der Waals surface area contributed by atoms with Crippen LogP contribution in [0.4, 0.5) is 0 Å². The molecule has 1 saturated carbocycles. The third kappa shape index (κ3) is 5.21. The highest BCUT2D eigenvalue weighted by molar-refractivity contribution is 7.90. The molecule has 30 heavy (non-hydrogen) atoms. The van der Waals surface area contributed by atoms with Crippen LogP contribution in [0.15, 0.2) is 57.8 Å². The van der Waals surface area contributed by atoms with Crippen LogP contribution in [0.1, 0.15) is 49.7 Å². The molecular weight excluding hydrogens is 398 g/mol. The predicted octanol–water partition coefficient (Wildman–Crippen LogP) is 3.62. The van der Waals surface area contributed by atoms with E-state index in [1.54, 1.807) is 18.2 Å². The molecule has 2 aromatic carbocycles. The van der Waals surface area contributed by atoms with Crippen molar-refractivity contribution in [2.75, 3.05) is 13.2 Å². The highest BCUT2D eigenvalue weighted by Crippen LogP contribution is 2.24. The van der Waals surface area contributed by atoms with E-state index in [2.05, 4.69) is 27.2 Å². The molecule has 1 fully saturated rings. The summed E-state index contributed by atoms with van der Waals surface area (Å²) in [4.78, 5) is 0.266. The highest BCUT2D eigenvalue weighted by Gasteiger charge is 2.27. The van der Waals surface area contributed by atoms with Crippen molar-refractivity contribution in [1.29, 1.82) is 0 Å². The Hall–Kier alpha value is -2.38. The molecule has 2 N–H and O–H groups in total. The summed E-state index contributed by atoms with van der Waals surface area (Å²) in [5, 5.41) is 6.79. The average molecular weight is 428 g/mol. The van der Waals surface area contributed by atoms with Gasteiger partial charge in [-0.25, -0.2) is 0 Å². The van der Waals surface area contributed by atoms with Crippen molar-refractivity contribution in [3.63, 3.8) is 0 Å². The lowest BCUT2D eigenvalue weighted by Gasteiger charge is -2.23. The second kappa shape index (κ2) is 9.62. The Balaban J connectivity index is 1.21. The molecule has 0 amide bonds. The summed E-state index contributed by atoms with van der Waals surface area (Å²) in [6.45, 7) is 2.01. The first-order valence-corrected chi connectivity index (χ1v) is 12.2. The number of nitrogens with zero attached hydrogens (tertiary/aromatic N) is 1. The van der Waals surface area contributed by atoms with Gasteiger partial charge in [-0.05, 0) is 49.1 Å². The van der Waals surface area contributed by atoms with Crippen molar-refractivity contribution >= 4 is 15.9 Å². The van der Waals surface area contributed by atoms with Crippen molar-refractivity contribution in [3.05, 3.63) is 59.7 Å². The molecule has 160 valence electrons. The Bertz CT molecular complexity index is 998. The van der Waals surface area contributed by atoms with E-state index in [1.165, 1.54) is 37.7 Å². The van der Waals surface area contributed by atoms with E-state index in [0.717, 1.165) is 18.7 Å². The number of hydrogen-bond acceptors (Lipinski definition) is 5. The van der Waals surface area contributed by atoms with Gasteiger partial charge in [-0.15, -0.1) is 4.40 Å². The topological polar surface area (TPSA) is 79.8 Å². The van der Waals surface area contributed by atoms with Crippen LogP contribution in [0, 0.1) is 0 Å². The summed E-state index contributed by atoms with van der Waals surface area (Å²) in [6, 6.07) is 15.7. The molecule has 6 nitrogen and oxygen atoms in total. The Labute approximate surface area is 178 Å². The van der Waals surface area contributed by atoms with Crippen LogP contribution in [-0.2, 0) is 16.6 Å². The molecule has 0 unspecified atom stereocenters. The number of ether oxygens (including phenoxy) is 1. The van der Waals surface area contributed by atoms with E-state index in [-0.39, 0.29) is 4.90 Å². The van der Waals surface area contributed by atoms with Gasteiger partial charge in [-0.3, -0.25) is 0 Å². The Morgan fingerprint density at radius 2 is 1.87 bits per heavy atom. The fourth-order valence-corrected chi connectivity index (χ4v) is 5.21. The van der Waals surface area contributed by atoms with Crippen LogP contribution in [0.5, 0.6) is 5.75 Å². The zero-order chi connectivity index (χ0) is 20.8. The first kappa shape index (κ1) is 20.9. The molecule has 7 heteroatoms. The van der Waals surface area contributed by atoms with Gasteiger partial charge in [0.05, 0.1) is 6.61 Å². The van der Waals surface area contributed by atoms with E-state index in [9.17, 15) is 8.42 Å². The fraction of sp³-hybridized carbons (Fsp3) is 0.435. The zero-order valence-corrected chi connectivity index (χ0v) is 18.0. The van der Waals surface area contributed by atoms with Crippen LogP contribution in [0.25, 0.3) is 0 Å². The first-order chi connectivity index (χ1) is 14.6. The lowest BCUT2D eigenvalue weighted by Crippen LogP contribution is -2.30. The second-order valence-electron chi connectivity index (χ2n) is 7.90. The normalized spacial score (nSPS) is 17.9. The lowest BCUT2D eigenvalue weighted by molar-refractivity contribution is 0.310. The monoisotopic (exact) mass is 427 g/mol. The molecule has 2 aromatic rings. The van der Waals surface area contributed by atoms with Gasteiger partial charge in [-0.2, -0.15) is 8.42 Å². The van der Waals surface area contributed by atoms with Gasteiger partial charge in [0.15, 0.2) is 0 Å². The number of fused-ring (bicyclic) bond motifs is 1. The third-order valence-electron chi connectivity index (χ3n) is 5.61. The Kier molecular flexibility index (Phi) is 6.69. The van der Waals surface area contributed by atoms with Gasteiger partial charge in [0.1, 0.15) is 16.5 Å². The van der Waals surface area contributed by atoms with Gasteiger partial charge in [0, 0.05) is 24.7 Å². The van der Waals surface area contributed by atoms with Crippen molar-refractivity contribution in [2.45, 2.75) is 56.0 Å². The summed E-state index contributed by atoms with van der Waals surface area (Å²) < 4.78 is 33.9. The SMILES string of the molecule is O=S1(=O)N=C(NCCCOc2cccc(CNC3CCCCC3)c2)c2ccccc21. The molecule has 0 aromatic heterocycles. The minimum Gasteiger partial charge on any atom is -0.494 e. The average Bonchev–Trinajstić information content (AvgIpc) is 3.03. The van der Waals surface area contributed by atoms with Gasteiger partial charge in [-0.1, -0.05) is 43.5 Å². The van der Waals surface area contributed by atoms with Gasteiger partial charge >= 0.3 is 0 Å². The highest BCUT2D eigenvalue weighted by atomic mass is 32.2. The minimum absolute atomic E-state index is 0.266. The number of amidine groups is 1. The molecule has 0 spiro atoms. The molecule has 0 saturated heterocycles. The van der Waals surface area contributed by atoms with E-state index >= 15 is 0 Å². The third-order valence-corrected chi connectivity index (χ3v) is 6.95. The molecule has 0 atom stereocenters. The maximum absolute atomic E-state index is 12.1. The van der Waals surface area contributed by atoms with Crippen LogP contribution in [0.2, 0.25) is 0 Å². The number of sulfonamides is 1. The number of nitrogens with one attached hydrogen (secondary N) is 2. The maximum atomic E-state index is 12.1. The summed E-state index contributed by atoms with van der Waals surface area (Å²) in [5.74, 6) is 1.28. The summed E-state index contributed by atoms with van der Waals surface area (Å²) in [5.41, 5.74) is 1.87. The van der Waals surface area contributed by atoms with Crippen LogP contribution in [-0.4, -0.2) is 33.4 Å². The Morgan fingerprint density at radius 1 is 1.03 bits per heavy atom. The van der Waals surface area contributed by atoms with Crippen molar-refractivity contribution in [3.8, 4) is 5.75 Å². The standard InChI is InChI=1S/C23H29N3O3S/c27-30(28)22-13-5-4-12-21(22)23(26-30)24-14-7-15-29-20-11-6-8-18(16-20)17-25-19-9-2-1-3-10-19/h4-6,8,11-13,16,19,25H,1-3,7,9-10,14-15,17H2,(H,24,26). The fourth-order valence-electron chi connectivity index (χ4n) is 4.02. The van der Waals surface area contributed by atoms with Crippen molar-refractivity contribution < 1.29 is 13.2 Å². The van der Waals surface area contributed by atoms with Gasteiger partial charge in [0.2, 0.25) is 0 Å². The van der Waals surface area contributed by atoms with Crippen molar-refractivity contribution in [1.82, 2.24) is 10.6 Å². The van der Waals surface area contributed by atoms with E-state index in [0.29, 0.717) is 30.6 Å². The maximum Gasteiger partial charge on any atom is 0.285 e. The molecule has 0 radical (unpaired) electrons. The largest absolute Gasteiger partial charge is 0.494 e. The smallest absolute Gasteiger partial charge is 0.285 e. The van der Waals surface area contributed by atoms with Crippen molar-refractivity contribution in [2.24, 2.45) is 4.40 Å². The molecule has 4 rings (SSSR count). The molecular formula is C23H29N3O3S. The molecule has 1 aliphatic carbocycles. The predicted molar refractivity (Wildman–Crippen MR) is 118 cm³/mol. The Morgan fingerprint density at radius 3 is 2.73 bits per heavy atom. The minimum atomic E-state index is -3.57. The number of hydrogen-bond donors (Lipinski definition) is 2. The molecule has 1 heterocycles. The van der Waals surface area contributed by atoms with E-state index in [1.807, 2.05) is 18.2 Å². The summed E-state index contributed by atoms with van der Waals surface area (Å²) >= 11 is 0. The van der Waals surface area contributed by atoms with Crippen LogP contribution in [0.3, 0.4) is 0 Å². The molecule has 0 bridgehead atoms. The van der Waals surface area contributed by atoms with E-state index in [4.69, 9.17) is 4.74 Å². The summed E-state index contributed by atoms with van der Waals surface area (Å²) in [6.07, 6.45) is 7.33. The first-order valence-electron chi connectivity index (χ1n) is 10.8. The second-order valence-corrected chi connectivity index (χ2v) is 9.48. The van der Waals surface area contributed by atoms with Gasteiger partial charge < -0.3 is 15.4 Å². The van der Waals surface area contributed by atoms with Gasteiger partial charge in [0.25, 0.3) is 10.0 Å². The van der Waals surface area contributed by atoms with Crippen LogP contribution >= 0.6 is 0 Å². The quantitative estimate of drug-likeness (QED) is 0.629. The van der Waals surface area contributed by atoms with E-state index < -0.39 is 10.0 Å². The summed E-state index contributed by atoms with van der Waals surface area (Å²) in [7, 11) is -3.57.